The molecule has 0 atom stereocenters. The van der Waals surface area contributed by atoms with Gasteiger partial charge in [0.2, 0.25) is 0 Å². The minimum Gasteiger partial charge on any atom is -0.496 e. The molecule has 3 aromatic carbocycles. The maximum atomic E-state index is 11.5. The Kier molecular flexibility index (Phi) is 9.50. The first kappa shape index (κ1) is 26.0. The van der Waals surface area contributed by atoms with E-state index in [4.69, 9.17) is 14.2 Å². The summed E-state index contributed by atoms with van der Waals surface area (Å²) in [7, 11) is 5.32. The predicted molar refractivity (Wildman–Crippen MR) is 141 cm³/mol. The quantitative estimate of drug-likeness (QED) is 0.276. The van der Waals surface area contributed by atoms with Crippen LogP contribution >= 0.6 is 0 Å². The summed E-state index contributed by atoms with van der Waals surface area (Å²) in [6.45, 7) is 7.51. The molecule has 0 amide bonds. The average molecular weight is 474 g/mol. The number of benzene rings is 3. The monoisotopic (exact) mass is 473 g/mol. The minimum atomic E-state index is 0.0691. The van der Waals surface area contributed by atoms with E-state index in [9.17, 15) is 4.79 Å². The topological polar surface area (TPSA) is 48.0 Å². The lowest BCUT2D eigenvalue weighted by atomic mass is 9.97. The molecule has 184 valence electrons. The second-order valence-corrected chi connectivity index (χ2v) is 8.56. The molecule has 0 unspecified atom stereocenters. The number of ether oxygens (including phenoxy) is 3. The first-order valence-corrected chi connectivity index (χ1v) is 11.8. The van der Waals surface area contributed by atoms with E-state index in [0.717, 1.165) is 24.1 Å². The zero-order valence-corrected chi connectivity index (χ0v) is 21.2. The Bertz CT molecular complexity index is 1120. The average Bonchev–Trinajstić information content (AvgIpc) is 2.88. The third-order valence-corrected chi connectivity index (χ3v) is 6.13. The lowest BCUT2D eigenvalue weighted by Crippen LogP contribution is -2.20. The lowest BCUT2D eigenvalue weighted by Gasteiger charge is -2.21. The van der Waals surface area contributed by atoms with Crippen LogP contribution in [0.4, 0.5) is 0 Å². The number of methoxy groups -OCH3 is 2. The van der Waals surface area contributed by atoms with E-state index in [1.54, 1.807) is 14.2 Å². The number of carbonyl (C=O) groups is 1. The van der Waals surface area contributed by atoms with Crippen molar-refractivity contribution in [3.8, 4) is 28.4 Å². The summed E-state index contributed by atoms with van der Waals surface area (Å²) >= 11 is 0. The molecule has 35 heavy (non-hydrogen) atoms. The Balaban J connectivity index is 1.73. The van der Waals surface area contributed by atoms with Crippen LogP contribution in [0.1, 0.15) is 29.5 Å². The molecule has 0 aliphatic carbocycles. The van der Waals surface area contributed by atoms with E-state index < -0.39 is 0 Å². The molecule has 3 rings (SSSR count). The van der Waals surface area contributed by atoms with Gasteiger partial charge >= 0.3 is 0 Å². The first-order valence-electron chi connectivity index (χ1n) is 11.8. The maximum absolute atomic E-state index is 11.5. The van der Waals surface area contributed by atoms with Gasteiger partial charge < -0.3 is 19.1 Å². The van der Waals surface area contributed by atoms with Gasteiger partial charge in [-0.05, 0) is 55.3 Å². The van der Waals surface area contributed by atoms with Crippen molar-refractivity contribution in [1.29, 1.82) is 0 Å². The molecule has 0 radical (unpaired) electrons. The maximum Gasteiger partial charge on any atom is 0.155 e. The summed E-state index contributed by atoms with van der Waals surface area (Å²) in [6, 6.07) is 20.5. The molecule has 5 heteroatoms. The molecule has 0 heterocycles. The number of carbonyl (C=O) groups excluding carboxylic acids is 1. The van der Waals surface area contributed by atoms with Crippen LogP contribution in [-0.4, -0.2) is 38.5 Å². The van der Waals surface area contributed by atoms with Gasteiger partial charge in [-0.2, -0.15) is 0 Å². The molecule has 0 saturated carbocycles. The molecule has 0 bridgehead atoms. The van der Waals surface area contributed by atoms with Gasteiger partial charge in [0.1, 0.15) is 23.9 Å². The molecular formula is C30H35NO4. The second kappa shape index (κ2) is 12.8. The third-order valence-electron chi connectivity index (χ3n) is 6.13. The fourth-order valence-electron chi connectivity index (χ4n) is 4.10. The van der Waals surface area contributed by atoms with Crippen LogP contribution in [0.15, 0.2) is 73.3 Å². The first-order chi connectivity index (χ1) is 17.0. The number of allylic oxidation sites excluding steroid dienone is 1. The van der Waals surface area contributed by atoms with Gasteiger partial charge in [-0.1, -0.05) is 55.1 Å². The number of hydrogen-bond acceptors (Lipinski definition) is 5. The number of ketones is 1. The van der Waals surface area contributed by atoms with E-state index in [1.165, 1.54) is 22.8 Å². The summed E-state index contributed by atoms with van der Waals surface area (Å²) in [5, 5.41) is 0. The number of rotatable bonds is 13. The molecule has 0 aliphatic heterocycles. The molecule has 3 aromatic rings. The zero-order chi connectivity index (χ0) is 25.2. The van der Waals surface area contributed by atoms with E-state index in [1.807, 2.05) is 25.2 Å². The Morgan fingerprint density at radius 2 is 1.69 bits per heavy atom. The van der Waals surface area contributed by atoms with Gasteiger partial charge in [-0.15, -0.1) is 0 Å². The SMILES string of the molecule is C=CC(=O)CCCN(C)Cc1c(OC)cc(OCc2cccc(-c3ccccc3)c2C)cc1OC. The van der Waals surface area contributed by atoms with Gasteiger partial charge in [0.15, 0.2) is 5.78 Å². The van der Waals surface area contributed by atoms with Crippen LogP contribution in [-0.2, 0) is 17.9 Å². The summed E-state index contributed by atoms with van der Waals surface area (Å²) in [5.41, 5.74) is 5.67. The van der Waals surface area contributed by atoms with Crippen molar-refractivity contribution in [2.24, 2.45) is 0 Å². The highest BCUT2D eigenvalue weighted by Gasteiger charge is 2.16. The van der Waals surface area contributed by atoms with Crippen LogP contribution < -0.4 is 14.2 Å². The summed E-state index contributed by atoms with van der Waals surface area (Å²) in [4.78, 5) is 13.6. The Hall–Kier alpha value is -3.57. The van der Waals surface area contributed by atoms with E-state index >= 15 is 0 Å². The molecule has 0 aromatic heterocycles. The van der Waals surface area contributed by atoms with Crippen LogP contribution in [0.5, 0.6) is 17.2 Å². The minimum absolute atomic E-state index is 0.0691. The number of nitrogens with zero attached hydrogens (tertiary/aromatic N) is 1. The van der Waals surface area contributed by atoms with Crippen molar-refractivity contribution in [3.05, 3.63) is 90.0 Å². The lowest BCUT2D eigenvalue weighted by molar-refractivity contribution is -0.114. The van der Waals surface area contributed by atoms with Crippen molar-refractivity contribution >= 4 is 5.78 Å². The normalized spacial score (nSPS) is 10.8. The summed E-state index contributed by atoms with van der Waals surface area (Å²) in [6.07, 6.45) is 2.65. The van der Waals surface area contributed by atoms with Crippen molar-refractivity contribution in [2.45, 2.75) is 32.9 Å². The Labute approximate surface area is 208 Å². The van der Waals surface area contributed by atoms with Crippen LogP contribution in [0.25, 0.3) is 11.1 Å². The highest BCUT2D eigenvalue weighted by Crippen LogP contribution is 2.35. The molecule has 0 saturated heterocycles. The van der Waals surface area contributed by atoms with Gasteiger partial charge in [0, 0.05) is 25.1 Å². The molecule has 5 nitrogen and oxygen atoms in total. The van der Waals surface area contributed by atoms with E-state index in [2.05, 4.69) is 60.9 Å². The smallest absolute Gasteiger partial charge is 0.155 e. The van der Waals surface area contributed by atoms with Crippen molar-refractivity contribution in [1.82, 2.24) is 4.90 Å². The standard InChI is InChI=1S/C30H35NO4/c1-6-25(32)15-11-17-31(3)20-28-29(33-4)18-26(19-30(28)34-5)35-21-24-14-10-16-27(22(24)2)23-12-8-7-9-13-23/h6-10,12-14,16,18-19H,1,11,15,17,20-21H2,2-5H3. The predicted octanol–water partition coefficient (Wildman–Crippen LogP) is 6.23. The highest BCUT2D eigenvalue weighted by molar-refractivity contribution is 5.88. The molecule has 0 aliphatic rings. The largest absolute Gasteiger partial charge is 0.496 e. The van der Waals surface area contributed by atoms with E-state index in [0.29, 0.717) is 36.8 Å². The van der Waals surface area contributed by atoms with Gasteiger partial charge in [-0.25, -0.2) is 0 Å². The Morgan fingerprint density at radius 1 is 1.00 bits per heavy atom. The summed E-state index contributed by atoms with van der Waals surface area (Å²) in [5.74, 6) is 2.18. The van der Waals surface area contributed by atoms with Crippen molar-refractivity contribution in [2.75, 3.05) is 27.8 Å². The fraction of sp³-hybridized carbons (Fsp3) is 0.300. The zero-order valence-electron chi connectivity index (χ0n) is 21.2. The summed E-state index contributed by atoms with van der Waals surface area (Å²) < 4.78 is 17.6. The molecule has 0 spiro atoms. The van der Waals surface area contributed by atoms with Crippen LogP contribution in [0, 0.1) is 6.92 Å². The van der Waals surface area contributed by atoms with Crippen molar-refractivity contribution in [3.63, 3.8) is 0 Å². The van der Waals surface area contributed by atoms with Crippen LogP contribution in [0.3, 0.4) is 0 Å². The third kappa shape index (κ3) is 6.96. The van der Waals surface area contributed by atoms with Crippen LogP contribution in [0.2, 0.25) is 0 Å². The molecule has 0 N–H and O–H groups in total. The molecular weight excluding hydrogens is 438 g/mol. The highest BCUT2D eigenvalue weighted by atomic mass is 16.5. The van der Waals surface area contributed by atoms with Gasteiger partial charge in [-0.3, -0.25) is 4.79 Å². The fourth-order valence-corrected chi connectivity index (χ4v) is 4.10. The van der Waals surface area contributed by atoms with E-state index in [-0.39, 0.29) is 5.78 Å². The van der Waals surface area contributed by atoms with Gasteiger partial charge in [0.05, 0.1) is 19.8 Å². The molecule has 0 fully saturated rings. The van der Waals surface area contributed by atoms with Crippen molar-refractivity contribution < 1.29 is 19.0 Å². The van der Waals surface area contributed by atoms with Gasteiger partial charge in [0.25, 0.3) is 0 Å². The Morgan fingerprint density at radius 3 is 2.31 bits per heavy atom. The second-order valence-electron chi connectivity index (χ2n) is 8.56. The number of hydrogen-bond donors (Lipinski definition) is 0.